The molecule has 0 aromatic heterocycles. The molecule has 0 aliphatic heterocycles. The maximum atomic E-state index is 12.6. The van der Waals surface area contributed by atoms with Crippen molar-refractivity contribution in [3.05, 3.63) is 29.8 Å². The van der Waals surface area contributed by atoms with E-state index < -0.39 is 17.6 Å². The largest absolute Gasteiger partial charge is 0.508 e. The van der Waals surface area contributed by atoms with E-state index in [4.69, 9.17) is 0 Å². The maximum absolute atomic E-state index is 12.6. The van der Waals surface area contributed by atoms with E-state index in [1.54, 1.807) is 12.1 Å². The number of para-hydroxylation sites is 1. The number of rotatable bonds is 3. The van der Waals surface area contributed by atoms with E-state index >= 15 is 0 Å². The number of hydrogen-bond donors (Lipinski definition) is 2. The van der Waals surface area contributed by atoms with Crippen LogP contribution in [-0.4, -0.2) is 22.7 Å². The highest BCUT2D eigenvalue weighted by Crippen LogP contribution is 2.48. The van der Waals surface area contributed by atoms with Gasteiger partial charge in [0.05, 0.1) is 6.42 Å². The lowest BCUT2D eigenvalue weighted by molar-refractivity contribution is -0.170. The Hall–Kier alpha value is -1.72. The average Bonchev–Trinajstić information content (AvgIpc) is 3.01. The molecule has 98 valence electrons. The van der Waals surface area contributed by atoms with Gasteiger partial charge in [0, 0.05) is 5.56 Å². The molecule has 0 radical (unpaired) electrons. The van der Waals surface area contributed by atoms with Gasteiger partial charge in [-0.1, -0.05) is 18.2 Å². The van der Waals surface area contributed by atoms with Crippen LogP contribution in [0.25, 0.3) is 0 Å². The zero-order chi connectivity index (χ0) is 13.4. The molecule has 1 aromatic rings. The number of benzene rings is 1. The van der Waals surface area contributed by atoms with Crippen molar-refractivity contribution in [2.75, 3.05) is 0 Å². The summed E-state index contributed by atoms with van der Waals surface area (Å²) in [4.78, 5) is 11.5. The number of carbonyl (C=O) groups is 1. The van der Waals surface area contributed by atoms with E-state index in [9.17, 15) is 23.1 Å². The van der Waals surface area contributed by atoms with Gasteiger partial charge in [-0.2, -0.15) is 13.2 Å². The molecule has 1 fully saturated rings. The molecule has 3 nitrogen and oxygen atoms in total. The minimum absolute atomic E-state index is 0.0803. The normalized spacial score (nSPS) is 17.3. The molecule has 0 unspecified atom stereocenters. The van der Waals surface area contributed by atoms with E-state index in [0.717, 1.165) is 0 Å². The van der Waals surface area contributed by atoms with Crippen molar-refractivity contribution in [3.63, 3.8) is 0 Å². The first-order valence-corrected chi connectivity index (χ1v) is 5.49. The summed E-state index contributed by atoms with van der Waals surface area (Å²) in [5.41, 5.74) is -1.73. The first-order chi connectivity index (χ1) is 8.34. The summed E-state index contributed by atoms with van der Waals surface area (Å²) < 4.78 is 37.8. The van der Waals surface area contributed by atoms with Gasteiger partial charge in [0.25, 0.3) is 0 Å². The maximum Gasteiger partial charge on any atom is 0.411 e. The smallest absolute Gasteiger partial charge is 0.411 e. The number of halogens is 3. The second-order valence-corrected chi connectivity index (χ2v) is 4.43. The van der Waals surface area contributed by atoms with Crippen LogP contribution in [0.4, 0.5) is 13.2 Å². The summed E-state index contributed by atoms with van der Waals surface area (Å²) >= 11 is 0. The highest BCUT2D eigenvalue weighted by Gasteiger charge is 2.64. The van der Waals surface area contributed by atoms with E-state index in [0.29, 0.717) is 5.56 Å². The second kappa shape index (κ2) is 4.19. The third kappa shape index (κ3) is 2.42. The molecular weight excluding hydrogens is 247 g/mol. The van der Waals surface area contributed by atoms with Gasteiger partial charge in [-0.05, 0) is 18.9 Å². The Morgan fingerprint density at radius 1 is 1.33 bits per heavy atom. The van der Waals surface area contributed by atoms with Crippen LogP contribution in [0.1, 0.15) is 18.4 Å². The van der Waals surface area contributed by atoms with Gasteiger partial charge in [0.2, 0.25) is 5.91 Å². The van der Waals surface area contributed by atoms with Crippen LogP contribution >= 0.6 is 0 Å². The number of carbonyl (C=O) groups excluding carboxylic acids is 1. The molecule has 2 rings (SSSR count). The Balaban J connectivity index is 2.01. The number of hydrogen-bond acceptors (Lipinski definition) is 2. The quantitative estimate of drug-likeness (QED) is 0.873. The number of phenols is 1. The highest BCUT2D eigenvalue weighted by atomic mass is 19.4. The number of nitrogens with one attached hydrogen (secondary N) is 1. The van der Waals surface area contributed by atoms with E-state index in [1.807, 2.05) is 5.32 Å². The van der Waals surface area contributed by atoms with Crippen LogP contribution in [0.3, 0.4) is 0 Å². The van der Waals surface area contributed by atoms with Gasteiger partial charge in [-0.25, -0.2) is 0 Å². The molecule has 0 atom stereocenters. The fourth-order valence-electron chi connectivity index (χ4n) is 1.75. The molecule has 1 aromatic carbocycles. The Morgan fingerprint density at radius 3 is 2.44 bits per heavy atom. The Labute approximate surface area is 102 Å². The average molecular weight is 259 g/mol. The molecule has 0 saturated heterocycles. The number of amides is 1. The predicted molar refractivity (Wildman–Crippen MR) is 58.0 cm³/mol. The van der Waals surface area contributed by atoms with E-state index in [2.05, 4.69) is 0 Å². The zero-order valence-corrected chi connectivity index (χ0v) is 9.42. The van der Waals surface area contributed by atoms with Gasteiger partial charge in [-0.15, -0.1) is 0 Å². The molecule has 0 spiro atoms. The standard InChI is InChI=1S/C12H12F3NO2/c13-12(14,15)11(5-6-11)16-10(18)7-8-3-1-2-4-9(8)17/h1-4,17H,5-7H2,(H,16,18). The number of phenolic OH excluding ortho intramolecular Hbond substituents is 1. The first-order valence-electron chi connectivity index (χ1n) is 5.49. The zero-order valence-electron chi connectivity index (χ0n) is 9.42. The van der Waals surface area contributed by atoms with Crippen molar-refractivity contribution in [2.45, 2.75) is 31.0 Å². The number of aromatic hydroxyl groups is 1. The number of alkyl halides is 3. The Kier molecular flexibility index (Phi) is 2.96. The summed E-state index contributed by atoms with van der Waals surface area (Å²) in [5, 5.41) is 11.4. The molecule has 6 heteroatoms. The third-order valence-electron chi connectivity index (χ3n) is 3.01. The molecule has 1 aliphatic carbocycles. The topological polar surface area (TPSA) is 49.3 Å². The van der Waals surface area contributed by atoms with Crippen molar-refractivity contribution >= 4 is 5.91 Å². The summed E-state index contributed by atoms with van der Waals surface area (Å²) in [7, 11) is 0. The minimum atomic E-state index is -4.42. The van der Waals surface area contributed by atoms with Gasteiger partial charge < -0.3 is 10.4 Å². The molecular formula is C12H12F3NO2. The third-order valence-corrected chi connectivity index (χ3v) is 3.01. The lowest BCUT2D eigenvalue weighted by atomic mass is 10.1. The van der Waals surface area contributed by atoms with E-state index in [1.165, 1.54) is 12.1 Å². The van der Waals surface area contributed by atoms with Crippen molar-refractivity contribution in [1.29, 1.82) is 0 Å². The van der Waals surface area contributed by atoms with Crippen LogP contribution in [-0.2, 0) is 11.2 Å². The Bertz CT molecular complexity index is 467. The molecule has 1 aliphatic rings. The summed E-state index contributed by atoms with van der Waals surface area (Å²) in [6, 6.07) is 6.08. The summed E-state index contributed by atoms with van der Waals surface area (Å²) in [6.07, 6.45) is -4.84. The second-order valence-electron chi connectivity index (χ2n) is 4.43. The predicted octanol–water partition coefficient (Wildman–Crippen LogP) is 2.15. The van der Waals surface area contributed by atoms with Crippen LogP contribution in [0, 0.1) is 0 Å². The molecule has 1 amide bonds. The van der Waals surface area contributed by atoms with Gasteiger partial charge >= 0.3 is 6.18 Å². The molecule has 2 N–H and O–H groups in total. The lowest BCUT2D eigenvalue weighted by Crippen LogP contribution is -2.48. The Morgan fingerprint density at radius 2 is 1.94 bits per heavy atom. The fourth-order valence-corrected chi connectivity index (χ4v) is 1.75. The van der Waals surface area contributed by atoms with Crippen LogP contribution in [0.15, 0.2) is 24.3 Å². The molecule has 1 saturated carbocycles. The minimum Gasteiger partial charge on any atom is -0.508 e. The molecule has 0 bridgehead atoms. The fraction of sp³-hybridized carbons (Fsp3) is 0.417. The SMILES string of the molecule is O=C(Cc1ccccc1O)NC1(C(F)(F)F)CC1. The van der Waals surface area contributed by atoms with Gasteiger partial charge in [0.15, 0.2) is 0 Å². The lowest BCUT2D eigenvalue weighted by Gasteiger charge is -2.20. The van der Waals surface area contributed by atoms with Gasteiger partial charge in [0.1, 0.15) is 11.3 Å². The monoisotopic (exact) mass is 259 g/mol. The molecule has 0 heterocycles. The van der Waals surface area contributed by atoms with Gasteiger partial charge in [-0.3, -0.25) is 4.79 Å². The van der Waals surface area contributed by atoms with Crippen LogP contribution in [0.5, 0.6) is 5.75 Å². The molecule has 18 heavy (non-hydrogen) atoms. The van der Waals surface area contributed by atoms with Crippen molar-refractivity contribution in [1.82, 2.24) is 5.32 Å². The van der Waals surface area contributed by atoms with E-state index in [-0.39, 0.29) is 25.0 Å². The summed E-state index contributed by atoms with van der Waals surface area (Å²) in [5.74, 6) is -0.823. The van der Waals surface area contributed by atoms with Crippen LogP contribution < -0.4 is 5.32 Å². The first kappa shape index (κ1) is 12.7. The van der Waals surface area contributed by atoms with Crippen molar-refractivity contribution in [2.24, 2.45) is 0 Å². The highest BCUT2D eigenvalue weighted by molar-refractivity contribution is 5.80. The van der Waals surface area contributed by atoms with Crippen LogP contribution in [0.2, 0.25) is 0 Å². The van der Waals surface area contributed by atoms with Crippen molar-refractivity contribution in [3.8, 4) is 5.75 Å². The van der Waals surface area contributed by atoms with Crippen molar-refractivity contribution < 1.29 is 23.1 Å². The summed E-state index contributed by atoms with van der Waals surface area (Å²) in [6.45, 7) is 0.